The summed E-state index contributed by atoms with van der Waals surface area (Å²) in [5.74, 6) is 1.53. The molecule has 0 spiro atoms. The number of likely N-dealkylation sites (tertiary alicyclic amines) is 1. The number of amides is 1. The number of nitrogens with zero attached hydrogens (tertiary/aromatic N) is 3. The van der Waals surface area contributed by atoms with Crippen molar-refractivity contribution in [3.63, 3.8) is 0 Å². The monoisotopic (exact) mass is 392 g/mol. The van der Waals surface area contributed by atoms with Gasteiger partial charge in [-0.2, -0.15) is 0 Å². The van der Waals surface area contributed by atoms with Gasteiger partial charge in [-0.1, -0.05) is 26.0 Å². The lowest BCUT2D eigenvalue weighted by molar-refractivity contribution is -0.123. The zero-order valence-electron chi connectivity index (χ0n) is 17.6. The zero-order chi connectivity index (χ0) is 20.2. The molecule has 1 aromatic heterocycles. The van der Waals surface area contributed by atoms with Crippen molar-refractivity contribution in [2.45, 2.75) is 32.6 Å². The van der Waals surface area contributed by atoms with Gasteiger partial charge in [0.2, 0.25) is 5.91 Å². The van der Waals surface area contributed by atoms with E-state index in [9.17, 15) is 4.79 Å². The van der Waals surface area contributed by atoms with Crippen LogP contribution in [-0.2, 0) is 4.79 Å². The van der Waals surface area contributed by atoms with Crippen LogP contribution in [0.2, 0.25) is 0 Å². The van der Waals surface area contributed by atoms with Crippen molar-refractivity contribution < 1.29 is 4.79 Å². The molecule has 2 aromatic rings. The molecule has 0 radical (unpaired) electrons. The van der Waals surface area contributed by atoms with E-state index < -0.39 is 0 Å². The third-order valence-corrected chi connectivity index (χ3v) is 6.09. The van der Waals surface area contributed by atoms with Gasteiger partial charge in [-0.15, -0.1) is 0 Å². The van der Waals surface area contributed by atoms with Gasteiger partial charge in [0.05, 0.1) is 17.8 Å². The Morgan fingerprint density at radius 1 is 1.14 bits per heavy atom. The van der Waals surface area contributed by atoms with Gasteiger partial charge >= 0.3 is 0 Å². The summed E-state index contributed by atoms with van der Waals surface area (Å²) in [6.45, 7) is 9.65. The second-order valence-corrected chi connectivity index (χ2v) is 8.80. The number of hydrogen-bond donors (Lipinski definition) is 1. The Balaban J connectivity index is 1.48. The minimum absolute atomic E-state index is 0.0418. The van der Waals surface area contributed by atoms with E-state index in [2.05, 4.69) is 53.3 Å². The lowest BCUT2D eigenvalue weighted by Crippen LogP contribution is -2.51. The van der Waals surface area contributed by atoms with Crippen LogP contribution in [0, 0.1) is 11.8 Å². The van der Waals surface area contributed by atoms with E-state index in [1.165, 1.54) is 38.0 Å². The Bertz CT molecular complexity index is 793. The van der Waals surface area contributed by atoms with E-state index in [-0.39, 0.29) is 11.8 Å². The van der Waals surface area contributed by atoms with Crippen molar-refractivity contribution in [3.05, 3.63) is 54.4 Å². The third kappa shape index (κ3) is 4.68. The number of nitrogens with one attached hydrogen (secondary N) is 1. The Labute approximate surface area is 174 Å². The van der Waals surface area contributed by atoms with E-state index in [4.69, 9.17) is 0 Å². The number of anilines is 2. The second-order valence-electron chi connectivity index (χ2n) is 8.80. The molecule has 29 heavy (non-hydrogen) atoms. The van der Waals surface area contributed by atoms with Gasteiger partial charge < -0.3 is 10.2 Å². The Morgan fingerprint density at radius 3 is 2.41 bits per heavy atom. The van der Waals surface area contributed by atoms with E-state index in [1.54, 1.807) is 12.4 Å². The lowest BCUT2D eigenvalue weighted by atomic mass is 9.89. The summed E-state index contributed by atoms with van der Waals surface area (Å²) < 4.78 is 0. The molecule has 154 valence electrons. The summed E-state index contributed by atoms with van der Waals surface area (Å²) in [6.07, 6.45) is 5.93. The van der Waals surface area contributed by atoms with Crippen LogP contribution in [0.25, 0.3) is 0 Å². The van der Waals surface area contributed by atoms with Gasteiger partial charge in [0.25, 0.3) is 0 Å². The SMILES string of the molecule is CC(C)CN1CCC(c2ccc(N(C(=O)C3CNC3)c3cccnc3)cc2)CC1. The summed E-state index contributed by atoms with van der Waals surface area (Å²) in [6, 6.07) is 12.5. The summed E-state index contributed by atoms with van der Waals surface area (Å²) >= 11 is 0. The average Bonchev–Trinajstić information content (AvgIpc) is 2.68. The van der Waals surface area contributed by atoms with Crippen molar-refractivity contribution in [3.8, 4) is 0 Å². The van der Waals surface area contributed by atoms with Gasteiger partial charge in [0.15, 0.2) is 0 Å². The highest BCUT2D eigenvalue weighted by Crippen LogP contribution is 2.32. The Morgan fingerprint density at radius 2 is 1.86 bits per heavy atom. The third-order valence-electron chi connectivity index (χ3n) is 6.09. The highest BCUT2D eigenvalue weighted by molar-refractivity contribution is 6.02. The van der Waals surface area contributed by atoms with Gasteiger partial charge in [0, 0.05) is 31.5 Å². The summed E-state index contributed by atoms with van der Waals surface area (Å²) in [4.78, 5) is 21.7. The fourth-order valence-corrected chi connectivity index (χ4v) is 4.40. The number of aromatic nitrogens is 1. The maximum absolute atomic E-state index is 13.1. The molecule has 2 fully saturated rings. The fraction of sp³-hybridized carbons (Fsp3) is 0.500. The molecule has 0 aliphatic carbocycles. The molecule has 1 N–H and O–H groups in total. The van der Waals surface area contributed by atoms with Crippen molar-refractivity contribution >= 4 is 17.3 Å². The molecule has 2 aliphatic rings. The lowest BCUT2D eigenvalue weighted by Gasteiger charge is -2.34. The van der Waals surface area contributed by atoms with Crippen molar-refractivity contribution in [1.82, 2.24) is 15.2 Å². The van der Waals surface area contributed by atoms with Gasteiger partial charge in [-0.05, 0) is 67.6 Å². The molecule has 2 saturated heterocycles. The van der Waals surface area contributed by atoms with Crippen LogP contribution >= 0.6 is 0 Å². The van der Waals surface area contributed by atoms with Gasteiger partial charge in [-0.25, -0.2) is 0 Å². The van der Waals surface area contributed by atoms with E-state index in [0.717, 1.165) is 30.4 Å². The first-order valence-corrected chi connectivity index (χ1v) is 10.9. The molecule has 5 heteroatoms. The molecular weight excluding hydrogens is 360 g/mol. The predicted octanol–water partition coefficient (Wildman–Crippen LogP) is 3.80. The maximum atomic E-state index is 13.1. The minimum Gasteiger partial charge on any atom is -0.315 e. The smallest absolute Gasteiger partial charge is 0.237 e. The van der Waals surface area contributed by atoms with Crippen LogP contribution in [0.3, 0.4) is 0 Å². The second kappa shape index (κ2) is 9.06. The van der Waals surface area contributed by atoms with Crippen LogP contribution in [0.1, 0.15) is 38.2 Å². The van der Waals surface area contributed by atoms with Gasteiger partial charge in [0.1, 0.15) is 0 Å². The van der Waals surface area contributed by atoms with Crippen molar-refractivity contribution in [2.75, 3.05) is 37.6 Å². The number of rotatable bonds is 6. The normalized spacial score (nSPS) is 18.6. The molecule has 0 saturated carbocycles. The molecule has 2 aliphatic heterocycles. The molecule has 0 unspecified atom stereocenters. The van der Waals surface area contributed by atoms with Crippen LogP contribution in [0.5, 0.6) is 0 Å². The highest BCUT2D eigenvalue weighted by atomic mass is 16.2. The maximum Gasteiger partial charge on any atom is 0.237 e. The molecule has 0 atom stereocenters. The van der Waals surface area contributed by atoms with Crippen LogP contribution < -0.4 is 10.2 Å². The zero-order valence-corrected chi connectivity index (χ0v) is 17.6. The standard InChI is InChI=1S/C24H32N4O/c1-18(2)17-27-12-9-20(10-13-27)19-5-7-22(8-6-19)28(23-4-3-11-25-16-23)24(29)21-14-26-15-21/h3-8,11,16,18,20-21,26H,9-10,12-15,17H2,1-2H3. The number of carbonyl (C=O) groups is 1. The largest absolute Gasteiger partial charge is 0.315 e. The summed E-state index contributed by atoms with van der Waals surface area (Å²) in [5, 5.41) is 3.20. The number of benzene rings is 1. The molecule has 5 nitrogen and oxygen atoms in total. The summed E-state index contributed by atoms with van der Waals surface area (Å²) in [7, 11) is 0. The minimum atomic E-state index is 0.0418. The van der Waals surface area contributed by atoms with E-state index in [1.807, 2.05) is 17.0 Å². The number of pyridine rings is 1. The number of piperidine rings is 1. The summed E-state index contributed by atoms with van der Waals surface area (Å²) in [5.41, 5.74) is 3.15. The first-order chi connectivity index (χ1) is 14.1. The molecule has 4 rings (SSSR count). The van der Waals surface area contributed by atoms with Crippen LogP contribution in [0.15, 0.2) is 48.8 Å². The number of carbonyl (C=O) groups excluding carboxylic acids is 1. The van der Waals surface area contributed by atoms with Crippen LogP contribution in [0.4, 0.5) is 11.4 Å². The fourth-order valence-electron chi connectivity index (χ4n) is 4.40. The molecular formula is C24H32N4O. The van der Waals surface area contributed by atoms with Crippen molar-refractivity contribution in [1.29, 1.82) is 0 Å². The van der Waals surface area contributed by atoms with E-state index in [0.29, 0.717) is 5.92 Å². The van der Waals surface area contributed by atoms with E-state index >= 15 is 0 Å². The quantitative estimate of drug-likeness (QED) is 0.812. The molecule has 1 amide bonds. The van der Waals surface area contributed by atoms with Crippen LogP contribution in [-0.4, -0.2) is 48.5 Å². The first kappa shape index (κ1) is 20.0. The molecule has 1 aromatic carbocycles. The Kier molecular flexibility index (Phi) is 6.26. The topological polar surface area (TPSA) is 48.5 Å². The molecule has 0 bridgehead atoms. The number of hydrogen-bond acceptors (Lipinski definition) is 4. The first-order valence-electron chi connectivity index (χ1n) is 10.9. The predicted molar refractivity (Wildman–Crippen MR) is 117 cm³/mol. The highest BCUT2D eigenvalue weighted by Gasteiger charge is 2.31. The molecule has 3 heterocycles. The average molecular weight is 393 g/mol. The van der Waals surface area contributed by atoms with Crippen molar-refractivity contribution in [2.24, 2.45) is 11.8 Å². The van der Waals surface area contributed by atoms with Gasteiger partial charge in [-0.3, -0.25) is 14.7 Å². The Hall–Kier alpha value is -2.24.